The van der Waals surface area contributed by atoms with Gasteiger partial charge in [-0.15, -0.1) is 0 Å². The first-order valence-corrected chi connectivity index (χ1v) is 8.37. The molecule has 0 radical (unpaired) electrons. The quantitative estimate of drug-likeness (QED) is 0.527. The first-order valence-electron chi connectivity index (χ1n) is 8.37. The maximum Gasteiger partial charge on any atom is 0.387 e. The van der Waals surface area contributed by atoms with E-state index in [0.29, 0.717) is 22.7 Å². The van der Waals surface area contributed by atoms with Gasteiger partial charge in [0.2, 0.25) is 11.8 Å². The number of benzene rings is 1. The van der Waals surface area contributed by atoms with Crippen LogP contribution >= 0.6 is 0 Å². The van der Waals surface area contributed by atoms with Crippen molar-refractivity contribution in [2.75, 3.05) is 11.1 Å². The van der Waals surface area contributed by atoms with Gasteiger partial charge in [-0.05, 0) is 43.3 Å². The van der Waals surface area contributed by atoms with Crippen LogP contribution in [-0.2, 0) is 0 Å². The number of hydrogen-bond donors (Lipinski definition) is 2. The third-order valence-electron chi connectivity index (χ3n) is 4.01. The zero-order valence-corrected chi connectivity index (χ0v) is 15.0. The minimum Gasteiger partial charge on any atom is -0.435 e. The van der Waals surface area contributed by atoms with Crippen LogP contribution in [0.1, 0.15) is 5.82 Å². The molecule has 0 aliphatic heterocycles. The highest BCUT2D eigenvalue weighted by Gasteiger charge is 2.18. The molecule has 0 aliphatic carbocycles. The third-order valence-corrected chi connectivity index (χ3v) is 4.01. The summed E-state index contributed by atoms with van der Waals surface area (Å²) in [4.78, 5) is 16.7. The maximum absolute atomic E-state index is 14.5. The van der Waals surface area contributed by atoms with Crippen molar-refractivity contribution in [3.05, 3.63) is 54.2 Å². The Balaban J connectivity index is 1.72. The number of halogens is 3. The molecule has 0 bridgehead atoms. The number of alkyl halides is 2. The number of nitrogens with zero attached hydrogens (tertiary/aromatic N) is 5. The van der Waals surface area contributed by atoms with E-state index >= 15 is 0 Å². The molecule has 4 aromatic rings. The summed E-state index contributed by atoms with van der Waals surface area (Å²) in [6, 6.07) is 9.02. The Bertz CT molecular complexity index is 1180. The molecular formula is C18H14F3N7O. The van der Waals surface area contributed by atoms with Crippen molar-refractivity contribution in [1.82, 2.24) is 24.5 Å². The number of imidazole rings is 1. The summed E-state index contributed by atoms with van der Waals surface area (Å²) in [5.41, 5.74) is 7.25. The highest BCUT2D eigenvalue weighted by Crippen LogP contribution is 2.26. The number of rotatable bonds is 5. The van der Waals surface area contributed by atoms with Gasteiger partial charge in [-0.3, -0.25) is 4.57 Å². The second kappa shape index (κ2) is 7.26. The van der Waals surface area contributed by atoms with E-state index in [-0.39, 0.29) is 23.3 Å². The summed E-state index contributed by atoms with van der Waals surface area (Å²) in [7, 11) is 0. The highest BCUT2D eigenvalue weighted by atomic mass is 19.3. The van der Waals surface area contributed by atoms with Crippen molar-refractivity contribution in [2.45, 2.75) is 13.5 Å². The third kappa shape index (κ3) is 3.61. The van der Waals surface area contributed by atoms with E-state index in [0.717, 1.165) is 0 Å². The van der Waals surface area contributed by atoms with Crippen LogP contribution in [0.25, 0.3) is 17.1 Å². The van der Waals surface area contributed by atoms with Gasteiger partial charge in [-0.25, -0.2) is 9.97 Å². The second-order valence-corrected chi connectivity index (χ2v) is 5.94. The monoisotopic (exact) mass is 401 g/mol. The van der Waals surface area contributed by atoms with E-state index in [1.54, 1.807) is 29.8 Å². The van der Waals surface area contributed by atoms with E-state index in [1.165, 1.54) is 24.3 Å². The number of ether oxygens (including phenoxy) is 1. The van der Waals surface area contributed by atoms with Crippen molar-refractivity contribution < 1.29 is 17.9 Å². The maximum atomic E-state index is 14.5. The molecular weight excluding hydrogens is 387 g/mol. The molecule has 148 valence electrons. The Morgan fingerprint density at radius 2 is 1.86 bits per heavy atom. The molecule has 0 saturated carbocycles. The zero-order chi connectivity index (χ0) is 20.5. The Kier molecular flexibility index (Phi) is 4.63. The summed E-state index contributed by atoms with van der Waals surface area (Å²) in [5, 5.41) is 2.76. The normalized spacial score (nSPS) is 11.2. The summed E-state index contributed by atoms with van der Waals surface area (Å²) < 4.78 is 44.9. The molecule has 0 amide bonds. The van der Waals surface area contributed by atoms with E-state index < -0.39 is 12.4 Å². The largest absolute Gasteiger partial charge is 0.435 e. The fourth-order valence-corrected chi connectivity index (χ4v) is 2.77. The average Bonchev–Trinajstić information content (AvgIpc) is 3.02. The van der Waals surface area contributed by atoms with Gasteiger partial charge < -0.3 is 15.8 Å². The van der Waals surface area contributed by atoms with Crippen molar-refractivity contribution in [1.29, 1.82) is 0 Å². The Morgan fingerprint density at radius 1 is 1.10 bits per heavy atom. The van der Waals surface area contributed by atoms with E-state index in [2.05, 4.69) is 30.0 Å². The average molecular weight is 401 g/mol. The van der Waals surface area contributed by atoms with Crippen LogP contribution in [0.15, 0.2) is 42.6 Å². The molecule has 0 saturated heterocycles. The fourth-order valence-electron chi connectivity index (χ4n) is 2.77. The van der Waals surface area contributed by atoms with Gasteiger partial charge in [-0.1, -0.05) is 0 Å². The number of nitrogens with two attached hydrogens (primary N) is 1. The summed E-state index contributed by atoms with van der Waals surface area (Å²) >= 11 is 0. The Morgan fingerprint density at radius 3 is 2.59 bits per heavy atom. The molecule has 0 spiro atoms. The SMILES string of the molecule is Cc1nc2ncccc2n1-c1nc(N)c(F)c(Nc2ccc(OC(F)F)cc2)n1. The van der Waals surface area contributed by atoms with Gasteiger partial charge in [0, 0.05) is 11.9 Å². The lowest BCUT2D eigenvalue weighted by Crippen LogP contribution is -2.10. The first kappa shape index (κ1) is 18.5. The molecule has 11 heteroatoms. The van der Waals surface area contributed by atoms with Gasteiger partial charge in [-0.2, -0.15) is 23.1 Å². The lowest BCUT2D eigenvalue weighted by Gasteiger charge is -2.12. The number of nitrogen functional groups attached to an aromatic ring is 1. The number of nitrogens with one attached hydrogen (secondary N) is 1. The van der Waals surface area contributed by atoms with Gasteiger partial charge in [0.05, 0.1) is 5.52 Å². The topological polar surface area (TPSA) is 104 Å². The Hall–Kier alpha value is -3.89. The predicted molar refractivity (Wildman–Crippen MR) is 99.9 cm³/mol. The first-order chi connectivity index (χ1) is 13.9. The standard InChI is InChI=1S/C18H14F3N7O/c1-9-24-15-12(3-2-8-23-15)28(9)18-26-14(22)13(19)16(27-18)25-10-4-6-11(7-5-10)29-17(20)21/h2-8,17H,1H3,(H3,22,25,26,27). The number of pyridine rings is 1. The van der Waals surface area contributed by atoms with Crippen LogP contribution in [0, 0.1) is 12.7 Å². The molecule has 0 aliphatic rings. The predicted octanol–water partition coefficient (Wildman–Crippen LogP) is 3.59. The van der Waals surface area contributed by atoms with Gasteiger partial charge in [0.1, 0.15) is 11.6 Å². The zero-order valence-electron chi connectivity index (χ0n) is 15.0. The minimum absolute atomic E-state index is 0.0260. The van der Waals surface area contributed by atoms with Gasteiger partial charge >= 0.3 is 6.61 Å². The number of aromatic nitrogens is 5. The molecule has 4 rings (SSSR count). The van der Waals surface area contributed by atoms with Gasteiger partial charge in [0.15, 0.2) is 17.3 Å². The lowest BCUT2D eigenvalue weighted by atomic mass is 10.3. The summed E-state index contributed by atoms with van der Waals surface area (Å²) in [6.45, 7) is -1.20. The molecule has 0 atom stereocenters. The number of hydrogen-bond acceptors (Lipinski definition) is 7. The molecule has 3 aromatic heterocycles. The van der Waals surface area contributed by atoms with Gasteiger partial charge in [0.25, 0.3) is 0 Å². The minimum atomic E-state index is -2.93. The molecule has 29 heavy (non-hydrogen) atoms. The number of anilines is 3. The van der Waals surface area contributed by atoms with E-state index in [4.69, 9.17) is 5.73 Å². The van der Waals surface area contributed by atoms with Crippen LogP contribution in [0.2, 0.25) is 0 Å². The van der Waals surface area contributed by atoms with Crippen LogP contribution in [0.3, 0.4) is 0 Å². The second-order valence-electron chi connectivity index (χ2n) is 5.94. The van der Waals surface area contributed by atoms with Crippen LogP contribution in [0.4, 0.5) is 30.5 Å². The van der Waals surface area contributed by atoms with Crippen molar-refractivity contribution in [2.24, 2.45) is 0 Å². The van der Waals surface area contributed by atoms with Crippen molar-refractivity contribution >= 4 is 28.5 Å². The van der Waals surface area contributed by atoms with Crippen LogP contribution < -0.4 is 15.8 Å². The number of fused-ring (bicyclic) bond motifs is 1. The van der Waals surface area contributed by atoms with E-state index in [1.807, 2.05) is 0 Å². The molecule has 3 N–H and O–H groups in total. The highest BCUT2D eigenvalue weighted by molar-refractivity contribution is 5.73. The summed E-state index contributed by atoms with van der Waals surface area (Å²) in [5.74, 6) is -0.759. The molecule has 8 nitrogen and oxygen atoms in total. The lowest BCUT2D eigenvalue weighted by molar-refractivity contribution is -0.0498. The summed E-state index contributed by atoms with van der Waals surface area (Å²) in [6.07, 6.45) is 1.60. The number of aryl methyl sites for hydroxylation is 1. The molecule has 1 aromatic carbocycles. The van der Waals surface area contributed by atoms with E-state index in [9.17, 15) is 13.2 Å². The Labute approximate surface area is 162 Å². The van der Waals surface area contributed by atoms with Crippen molar-refractivity contribution in [3.8, 4) is 11.7 Å². The smallest absolute Gasteiger partial charge is 0.387 e. The fraction of sp³-hybridized carbons (Fsp3) is 0.111. The van der Waals surface area contributed by atoms with Crippen LogP contribution in [0.5, 0.6) is 5.75 Å². The molecule has 3 heterocycles. The molecule has 0 unspecified atom stereocenters. The van der Waals surface area contributed by atoms with Crippen molar-refractivity contribution in [3.63, 3.8) is 0 Å². The van der Waals surface area contributed by atoms with Crippen LogP contribution in [-0.4, -0.2) is 31.1 Å². The molecule has 0 fully saturated rings.